The number of aromatic amines is 1. The molecule has 0 aliphatic carbocycles. The van der Waals surface area contributed by atoms with Crippen LogP contribution < -0.4 is 5.32 Å². The lowest BCUT2D eigenvalue weighted by Gasteiger charge is -2.08. The highest BCUT2D eigenvalue weighted by Crippen LogP contribution is 2.23. The van der Waals surface area contributed by atoms with Crippen molar-refractivity contribution in [2.24, 2.45) is 0 Å². The number of anilines is 1. The lowest BCUT2D eigenvalue weighted by atomic mass is 10.1. The van der Waals surface area contributed by atoms with E-state index in [9.17, 15) is 0 Å². The van der Waals surface area contributed by atoms with Crippen LogP contribution in [0.4, 0.5) is 5.82 Å². The normalized spacial score (nSPS) is 11.2. The van der Waals surface area contributed by atoms with Gasteiger partial charge in [-0.3, -0.25) is 0 Å². The maximum absolute atomic E-state index is 4.67. The molecule has 0 aliphatic heterocycles. The second-order valence-electron chi connectivity index (χ2n) is 5.70. The molecule has 0 atom stereocenters. The molecule has 0 saturated carbocycles. The first-order valence-corrected chi connectivity index (χ1v) is 7.61. The average Bonchev–Trinajstić information content (AvgIpc) is 2.98. The number of benzene rings is 2. The van der Waals surface area contributed by atoms with Gasteiger partial charge in [0.1, 0.15) is 18.0 Å². The van der Waals surface area contributed by atoms with Gasteiger partial charge in [-0.15, -0.1) is 0 Å². The summed E-state index contributed by atoms with van der Waals surface area (Å²) < 4.78 is 0. The molecule has 4 aromatic rings. The van der Waals surface area contributed by atoms with Gasteiger partial charge in [0.2, 0.25) is 0 Å². The molecule has 0 bridgehead atoms. The molecule has 0 aliphatic rings. The molecule has 5 nitrogen and oxygen atoms in total. The van der Waals surface area contributed by atoms with Crippen molar-refractivity contribution in [1.29, 1.82) is 0 Å². The summed E-state index contributed by atoms with van der Waals surface area (Å²) in [7, 11) is 0. The van der Waals surface area contributed by atoms with E-state index in [0.717, 1.165) is 39.1 Å². The summed E-state index contributed by atoms with van der Waals surface area (Å²) in [6.45, 7) is 4.73. The summed E-state index contributed by atoms with van der Waals surface area (Å²) >= 11 is 0. The van der Waals surface area contributed by atoms with Gasteiger partial charge in [-0.1, -0.05) is 24.3 Å². The van der Waals surface area contributed by atoms with Crippen molar-refractivity contribution < 1.29 is 0 Å². The first-order chi connectivity index (χ1) is 11.2. The molecule has 4 rings (SSSR count). The number of nitrogens with one attached hydrogen (secondary N) is 2. The van der Waals surface area contributed by atoms with Gasteiger partial charge in [0, 0.05) is 5.39 Å². The fourth-order valence-electron chi connectivity index (χ4n) is 2.89. The third kappa shape index (κ3) is 2.40. The number of rotatable bonds is 3. The predicted octanol–water partition coefficient (Wildman–Crippen LogP) is 3.74. The van der Waals surface area contributed by atoms with Crippen molar-refractivity contribution in [2.75, 3.05) is 5.32 Å². The molecular weight excluding hydrogens is 286 g/mol. The van der Waals surface area contributed by atoms with Gasteiger partial charge in [0.05, 0.1) is 23.1 Å². The molecule has 0 amide bonds. The summed E-state index contributed by atoms with van der Waals surface area (Å²) in [4.78, 5) is 16.7. The fourth-order valence-corrected chi connectivity index (χ4v) is 2.89. The van der Waals surface area contributed by atoms with Gasteiger partial charge < -0.3 is 10.3 Å². The topological polar surface area (TPSA) is 66.5 Å². The zero-order valence-corrected chi connectivity index (χ0v) is 13.1. The number of imidazole rings is 1. The van der Waals surface area contributed by atoms with Crippen LogP contribution in [0.3, 0.4) is 0 Å². The average molecular weight is 303 g/mol. The predicted molar refractivity (Wildman–Crippen MR) is 92.4 cm³/mol. The zero-order valence-electron chi connectivity index (χ0n) is 13.1. The number of para-hydroxylation sites is 1. The Bertz CT molecular complexity index is 998. The molecule has 0 fully saturated rings. The lowest BCUT2D eigenvalue weighted by Crippen LogP contribution is -2.04. The molecule has 0 radical (unpaired) electrons. The van der Waals surface area contributed by atoms with Gasteiger partial charge in [-0.2, -0.15) is 0 Å². The van der Waals surface area contributed by atoms with E-state index >= 15 is 0 Å². The maximum atomic E-state index is 4.67. The Kier molecular flexibility index (Phi) is 3.19. The number of hydrogen-bond acceptors (Lipinski definition) is 4. The Balaban J connectivity index is 1.67. The highest BCUT2D eigenvalue weighted by Gasteiger charge is 2.08. The van der Waals surface area contributed by atoms with Crippen LogP contribution in [0, 0.1) is 13.8 Å². The molecule has 0 spiro atoms. The summed E-state index contributed by atoms with van der Waals surface area (Å²) in [5.41, 5.74) is 5.36. The van der Waals surface area contributed by atoms with Crippen LogP contribution in [-0.4, -0.2) is 19.9 Å². The van der Waals surface area contributed by atoms with Crippen molar-refractivity contribution in [3.05, 3.63) is 59.7 Å². The minimum atomic E-state index is 0.592. The Morgan fingerprint density at radius 1 is 1.00 bits per heavy atom. The molecule has 5 heteroatoms. The molecular formula is C18H17N5. The van der Waals surface area contributed by atoms with E-state index in [-0.39, 0.29) is 0 Å². The van der Waals surface area contributed by atoms with Gasteiger partial charge >= 0.3 is 0 Å². The van der Waals surface area contributed by atoms with Crippen molar-refractivity contribution in [2.45, 2.75) is 20.4 Å². The Labute approximate surface area is 133 Å². The molecule has 2 aromatic heterocycles. The summed E-state index contributed by atoms with van der Waals surface area (Å²) in [5, 5.41) is 4.44. The van der Waals surface area contributed by atoms with E-state index in [0.29, 0.717) is 6.54 Å². The van der Waals surface area contributed by atoms with E-state index < -0.39 is 0 Å². The van der Waals surface area contributed by atoms with E-state index in [4.69, 9.17) is 0 Å². The number of H-pyrrole nitrogens is 1. The van der Waals surface area contributed by atoms with Crippen LogP contribution in [0.2, 0.25) is 0 Å². The molecule has 0 unspecified atom stereocenters. The molecule has 114 valence electrons. The second kappa shape index (κ2) is 5.35. The molecule has 2 heterocycles. The third-order valence-corrected chi connectivity index (χ3v) is 4.06. The minimum absolute atomic E-state index is 0.592. The standard InChI is InChI=1S/C18H17N5/c1-11-5-3-7-13-16(11)18(21-10-20-13)19-9-15-22-14-8-4-6-12(2)17(14)23-15/h3-8,10H,9H2,1-2H3,(H,22,23)(H,19,20,21). The van der Waals surface area contributed by atoms with Crippen LogP contribution >= 0.6 is 0 Å². The Hall–Kier alpha value is -2.95. The van der Waals surface area contributed by atoms with Crippen LogP contribution in [0.25, 0.3) is 21.9 Å². The van der Waals surface area contributed by atoms with Crippen LogP contribution in [-0.2, 0) is 6.54 Å². The molecule has 2 aromatic carbocycles. The third-order valence-electron chi connectivity index (χ3n) is 4.06. The highest BCUT2D eigenvalue weighted by molar-refractivity contribution is 5.91. The van der Waals surface area contributed by atoms with E-state index in [1.54, 1.807) is 6.33 Å². The van der Waals surface area contributed by atoms with Gasteiger partial charge in [-0.05, 0) is 37.1 Å². The van der Waals surface area contributed by atoms with Crippen molar-refractivity contribution in [3.8, 4) is 0 Å². The molecule has 2 N–H and O–H groups in total. The first-order valence-electron chi connectivity index (χ1n) is 7.61. The summed E-state index contributed by atoms with van der Waals surface area (Å²) in [5.74, 6) is 1.74. The highest BCUT2D eigenvalue weighted by atomic mass is 15.1. The van der Waals surface area contributed by atoms with Gasteiger partial charge in [0.15, 0.2) is 0 Å². The molecule has 0 saturated heterocycles. The summed E-state index contributed by atoms with van der Waals surface area (Å²) in [6, 6.07) is 12.2. The maximum Gasteiger partial charge on any atom is 0.137 e. The smallest absolute Gasteiger partial charge is 0.137 e. The van der Waals surface area contributed by atoms with Crippen molar-refractivity contribution >= 4 is 27.8 Å². The number of hydrogen-bond donors (Lipinski definition) is 2. The minimum Gasteiger partial charge on any atom is -0.362 e. The Morgan fingerprint density at radius 2 is 1.83 bits per heavy atom. The fraction of sp³-hybridized carbons (Fsp3) is 0.167. The Morgan fingerprint density at radius 3 is 2.70 bits per heavy atom. The van der Waals surface area contributed by atoms with E-state index in [1.165, 1.54) is 5.56 Å². The van der Waals surface area contributed by atoms with Gasteiger partial charge in [0.25, 0.3) is 0 Å². The van der Waals surface area contributed by atoms with Crippen LogP contribution in [0.1, 0.15) is 17.0 Å². The number of aromatic nitrogens is 4. The van der Waals surface area contributed by atoms with Crippen LogP contribution in [0.5, 0.6) is 0 Å². The first kappa shape index (κ1) is 13.7. The number of fused-ring (bicyclic) bond motifs is 2. The van der Waals surface area contributed by atoms with Crippen molar-refractivity contribution in [1.82, 2.24) is 19.9 Å². The number of nitrogens with zero attached hydrogens (tertiary/aromatic N) is 3. The lowest BCUT2D eigenvalue weighted by molar-refractivity contribution is 0.997. The monoisotopic (exact) mass is 303 g/mol. The van der Waals surface area contributed by atoms with Crippen molar-refractivity contribution in [3.63, 3.8) is 0 Å². The van der Waals surface area contributed by atoms with E-state index in [1.807, 2.05) is 24.3 Å². The quantitative estimate of drug-likeness (QED) is 0.605. The van der Waals surface area contributed by atoms with E-state index in [2.05, 4.69) is 51.2 Å². The molecule has 23 heavy (non-hydrogen) atoms. The van der Waals surface area contributed by atoms with Crippen LogP contribution in [0.15, 0.2) is 42.7 Å². The SMILES string of the molecule is Cc1cccc2[nH]c(CNc3ncnc4cccc(C)c34)nc12. The summed E-state index contributed by atoms with van der Waals surface area (Å²) in [6.07, 6.45) is 1.59. The largest absolute Gasteiger partial charge is 0.362 e. The zero-order chi connectivity index (χ0) is 15.8. The second-order valence-corrected chi connectivity index (χ2v) is 5.70. The van der Waals surface area contributed by atoms with Gasteiger partial charge in [-0.25, -0.2) is 15.0 Å². The number of aryl methyl sites for hydroxylation is 2.